The highest BCUT2D eigenvalue weighted by molar-refractivity contribution is 5.88. The first kappa shape index (κ1) is 43.0. The molecule has 10 rings (SSSR count). The van der Waals surface area contributed by atoms with Crippen molar-refractivity contribution in [2.24, 2.45) is 16.8 Å². The predicted molar refractivity (Wildman–Crippen MR) is 247 cm³/mol. The van der Waals surface area contributed by atoms with Gasteiger partial charge in [0, 0.05) is 23.8 Å². The van der Waals surface area contributed by atoms with E-state index < -0.39 is 18.2 Å². The van der Waals surface area contributed by atoms with Gasteiger partial charge in [0.15, 0.2) is 11.7 Å². The number of carbonyl (C=O) groups is 3. The largest absolute Gasteiger partial charge is 0.453 e. The Kier molecular flexibility index (Phi) is 12.3. The quantitative estimate of drug-likeness (QED) is 0.0468. The number of alkyl carbamates (subject to hydrolysis) is 1. The third-order valence-corrected chi connectivity index (χ3v) is 14.3. The van der Waals surface area contributed by atoms with E-state index in [1.54, 1.807) is 0 Å². The summed E-state index contributed by atoms with van der Waals surface area (Å²) >= 11 is 0. The second-order valence-electron chi connectivity index (χ2n) is 18.0. The average molecular weight is 890 g/mol. The SMILES string of the molecule is COOC=N[C@@H](C(=O)N1[C@@H]2CCCC[C@@H]2C[C@H]1c1nc2ncc(-c3ccc(-c4cnc([C@@H]5C[C@H]6CCCC[C@H]6N5C(=O)[C@@H](NC(=O)OC)c5ccccc5)[nH]4)cc3)cc2[nH]1)c1ccccc1. The average Bonchev–Trinajstić information content (AvgIpc) is 4.18. The highest BCUT2D eigenvalue weighted by Crippen LogP contribution is 2.49. The molecule has 4 aliphatic rings. The number of likely N-dealkylation sites (tertiary alicyclic amines) is 2. The second-order valence-corrected chi connectivity index (χ2v) is 18.0. The molecule has 66 heavy (non-hydrogen) atoms. The third-order valence-electron chi connectivity index (χ3n) is 14.3. The molecule has 0 bridgehead atoms. The van der Waals surface area contributed by atoms with Crippen LogP contribution >= 0.6 is 0 Å². The zero-order valence-corrected chi connectivity index (χ0v) is 37.2. The molecule has 3 N–H and O–H groups in total. The fourth-order valence-electron chi connectivity index (χ4n) is 11.2. The number of benzene rings is 3. The molecule has 3 aromatic carbocycles. The Hall–Kier alpha value is -6.87. The molecule has 0 radical (unpaired) electrons. The number of nitrogens with one attached hydrogen (secondary N) is 3. The van der Waals surface area contributed by atoms with E-state index in [9.17, 15) is 14.4 Å². The van der Waals surface area contributed by atoms with Crippen molar-refractivity contribution in [3.05, 3.63) is 126 Å². The van der Waals surface area contributed by atoms with Crippen LogP contribution in [0.5, 0.6) is 0 Å². The smallest absolute Gasteiger partial charge is 0.407 e. The Labute approximate surface area is 383 Å². The van der Waals surface area contributed by atoms with Crippen LogP contribution in [-0.2, 0) is 24.1 Å². The summed E-state index contributed by atoms with van der Waals surface area (Å²) in [5, 5.41) is 2.81. The van der Waals surface area contributed by atoms with E-state index in [4.69, 9.17) is 29.5 Å². The lowest BCUT2D eigenvalue weighted by molar-refractivity contribution is -0.188. The second kappa shape index (κ2) is 18.9. The summed E-state index contributed by atoms with van der Waals surface area (Å²) in [6.45, 7) is 0. The van der Waals surface area contributed by atoms with Crippen LogP contribution in [0.15, 0.2) is 108 Å². The summed E-state index contributed by atoms with van der Waals surface area (Å²) in [5.74, 6) is 1.93. The number of hydrogen-bond acceptors (Lipinski definition) is 10. The molecule has 2 aliphatic carbocycles. The molecule has 2 aliphatic heterocycles. The third kappa shape index (κ3) is 8.43. The number of hydrogen-bond donors (Lipinski definition) is 3. The van der Waals surface area contributed by atoms with Crippen molar-refractivity contribution in [2.75, 3.05) is 14.2 Å². The summed E-state index contributed by atoms with van der Waals surface area (Å²) in [6.07, 6.45) is 14.2. The molecule has 340 valence electrons. The lowest BCUT2D eigenvalue weighted by Gasteiger charge is -2.36. The monoisotopic (exact) mass is 889 g/mol. The number of rotatable bonds is 12. The van der Waals surface area contributed by atoms with Crippen LogP contribution in [0.4, 0.5) is 4.79 Å². The number of nitrogens with zero attached hydrogens (tertiary/aromatic N) is 6. The van der Waals surface area contributed by atoms with Gasteiger partial charge in [0.25, 0.3) is 11.8 Å². The molecule has 0 unspecified atom stereocenters. The van der Waals surface area contributed by atoms with Crippen LogP contribution in [0.25, 0.3) is 33.5 Å². The van der Waals surface area contributed by atoms with E-state index in [0.29, 0.717) is 23.0 Å². The Balaban J connectivity index is 0.891. The molecular weight excluding hydrogens is 835 g/mol. The fraction of sp³-hybridized carbons (Fsp3) is 0.392. The number of pyridine rings is 1. The van der Waals surface area contributed by atoms with Gasteiger partial charge in [0.05, 0.1) is 43.7 Å². The number of aromatic amines is 2. The molecule has 2 saturated carbocycles. The van der Waals surface area contributed by atoms with E-state index >= 15 is 0 Å². The van der Waals surface area contributed by atoms with Crippen molar-refractivity contribution >= 4 is 35.5 Å². The number of H-pyrrole nitrogens is 2. The lowest BCUT2D eigenvalue weighted by Crippen LogP contribution is -2.47. The van der Waals surface area contributed by atoms with Gasteiger partial charge in [-0.15, -0.1) is 0 Å². The maximum Gasteiger partial charge on any atom is 0.407 e. The molecule has 8 atom stereocenters. The van der Waals surface area contributed by atoms with E-state index in [1.165, 1.54) is 20.6 Å². The van der Waals surface area contributed by atoms with Crippen molar-refractivity contribution in [1.29, 1.82) is 0 Å². The van der Waals surface area contributed by atoms with Crippen molar-refractivity contribution in [3.8, 4) is 22.4 Å². The molecule has 15 heteroatoms. The van der Waals surface area contributed by atoms with Crippen molar-refractivity contribution < 1.29 is 28.9 Å². The topological polar surface area (TPSA) is 180 Å². The number of aromatic nitrogens is 5. The Bertz CT molecular complexity index is 2690. The number of fused-ring (bicyclic) bond motifs is 3. The van der Waals surface area contributed by atoms with Gasteiger partial charge in [-0.05, 0) is 78.7 Å². The molecule has 3 amide bonds. The summed E-state index contributed by atoms with van der Waals surface area (Å²) in [7, 11) is 2.71. The van der Waals surface area contributed by atoms with Crippen LogP contribution in [0.1, 0.15) is 111 Å². The first-order valence-corrected chi connectivity index (χ1v) is 23.2. The normalized spacial score (nSPS) is 23.6. The summed E-state index contributed by atoms with van der Waals surface area (Å²) < 4.78 is 4.95. The Morgan fingerprint density at radius 2 is 1.33 bits per heavy atom. The number of aliphatic imine (C=N–C) groups is 1. The van der Waals surface area contributed by atoms with Gasteiger partial charge < -0.3 is 34.7 Å². The number of ether oxygens (including phenoxy) is 1. The Morgan fingerprint density at radius 3 is 2.00 bits per heavy atom. The summed E-state index contributed by atoms with van der Waals surface area (Å²) in [6, 6.07) is 27.2. The molecule has 6 aromatic rings. The van der Waals surface area contributed by atoms with Gasteiger partial charge in [-0.25, -0.2) is 24.7 Å². The lowest BCUT2D eigenvalue weighted by atomic mass is 9.84. The Morgan fingerprint density at radius 1 is 0.712 bits per heavy atom. The van der Waals surface area contributed by atoms with Gasteiger partial charge in [-0.2, -0.15) is 4.89 Å². The highest BCUT2D eigenvalue weighted by atomic mass is 17.2. The van der Waals surface area contributed by atoms with Crippen LogP contribution in [0.2, 0.25) is 0 Å². The minimum Gasteiger partial charge on any atom is -0.453 e. The van der Waals surface area contributed by atoms with Crippen LogP contribution in [0.3, 0.4) is 0 Å². The number of amides is 3. The van der Waals surface area contributed by atoms with Crippen molar-refractivity contribution in [3.63, 3.8) is 0 Å². The number of imidazole rings is 2. The van der Waals surface area contributed by atoms with Gasteiger partial charge in [-0.3, -0.25) is 9.59 Å². The predicted octanol–water partition coefficient (Wildman–Crippen LogP) is 9.12. The highest BCUT2D eigenvalue weighted by Gasteiger charge is 2.49. The van der Waals surface area contributed by atoms with Gasteiger partial charge in [0.1, 0.15) is 17.7 Å². The molecule has 2 saturated heterocycles. The fourth-order valence-corrected chi connectivity index (χ4v) is 11.2. The first-order chi connectivity index (χ1) is 32.4. The standard InChI is InChI=1S/C51H55N9O6/c1-64-51(63)57-45(34-15-7-4-8-16-34)50(62)59-40-19-11-9-17-35(40)26-42(59)47-53-29-39(56-47)32-23-21-31(22-24-32)37-25-38-46(52-28-37)58-48(55-38)43-27-36-18-10-12-20-41(36)60(43)49(61)44(54-30-66-65-2)33-13-5-3-6-14-33/h3-8,13-16,21-25,28-30,35-36,40-45H,9-12,17-20,26-27H2,1-2H3,(H,53,56)(H,57,63)(H,52,55,58)/t35-,36-,40-,41-,42+,43+,44-,45+/m1/s1. The van der Waals surface area contributed by atoms with Gasteiger partial charge in [-0.1, -0.05) is 111 Å². The molecule has 5 heterocycles. The van der Waals surface area contributed by atoms with E-state index in [1.807, 2.05) is 82.9 Å². The number of carbonyl (C=O) groups excluding carboxylic acids is 3. The minimum absolute atomic E-state index is 0.0592. The van der Waals surface area contributed by atoms with Crippen LogP contribution < -0.4 is 5.32 Å². The minimum atomic E-state index is -0.892. The summed E-state index contributed by atoms with van der Waals surface area (Å²) in [4.78, 5) is 81.9. The molecule has 4 fully saturated rings. The molecule has 0 spiro atoms. The zero-order chi connectivity index (χ0) is 45.1. The van der Waals surface area contributed by atoms with E-state index in [0.717, 1.165) is 109 Å². The maximum absolute atomic E-state index is 14.7. The number of methoxy groups -OCH3 is 1. The van der Waals surface area contributed by atoms with Crippen LogP contribution in [-0.4, -0.2) is 85.3 Å². The zero-order valence-electron chi connectivity index (χ0n) is 37.2. The van der Waals surface area contributed by atoms with Gasteiger partial charge >= 0.3 is 6.09 Å². The van der Waals surface area contributed by atoms with Crippen molar-refractivity contribution in [1.82, 2.24) is 40.0 Å². The maximum atomic E-state index is 14.7. The summed E-state index contributed by atoms with van der Waals surface area (Å²) in [5.41, 5.74) is 6.58. The molecular formula is C51H55N9O6. The molecule has 3 aromatic heterocycles. The first-order valence-electron chi connectivity index (χ1n) is 23.2. The van der Waals surface area contributed by atoms with E-state index in [-0.39, 0.29) is 36.0 Å². The van der Waals surface area contributed by atoms with Crippen LogP contribution in [0, 0.1) is 11.8 Å². The van der Waals surface area contributed by atoms with Gasteiger partial charge in [0.2, 0.25) is 6.40 Å². The van der Waals surface area contributed by atoms with E-state index in [2.05, 4.69) is 50.6 Å². The van der Waals surface area contributed by atoms with Crippen molar-refractivity contribution in [2.45, 2.75) is 100 Å². The molecule has 15 nitrogen and oxygen atoms in total.